The summed E-state index contributed by atoms with van der Waals surface area (Å²) in [5.74, 6) is 7.87. The van der Waals surface area contributed by atoms with Gasteiger partial charge in [0.1, 0.15) is 0 Å². The van der Waals surface area contributed by atoms with E-state index in [1.54, 1.807) is 16.4 Å². The number of nitrogens with zero attached hydrogens (tertiary/aromatic N) is 3. The summed E-state index contributed by atoms with van der Waals surface area (Å²) in [6, 6.07) is 23.0. The minimum Gasteiger partial charge on any atom is -0.336 e. The summed E-state index contributed by atoms with van der Waals surface area (Å²) in [5.41, 5.74) is 3.77. The number of hydrogen-bond donors (Lipinski definition) is 1. The second-order valence-corrected chi connectivity index (χ2v) is 7.24. The van der Waals surface area contributed by atoms with Gasteiger partial charge in [0.2, 0.25) is 5.16 Å². The van der Waals surface area contributed by atoms with E-state index >= 15 is 0 Å². The Labute approximate surface area is 157 Å². The summed E-state index contributed by atoms with van der Waals surface area (Å²) < 4.78 is 1.62. The third-order valence-corrected chi connectivity index (χ3v) is 5.57. The molecule has 2 N–H and O–H groups in total. The van der Waals surface area contributed by atoms with Crippen LogP contribution < -0.4 is 5.84 Å². The van der Waals surface area contributed by atoms with Crippen molar-refractivity contribution in [3.8, 4) is 0 Å². The van der Waals surface area contributed by atoms with Crippen molar-refractivity contribution >= 4 is 22.5 Å². The summed E-state index contributed by atoms with van der Waals surface area (Å²) in [4.78, 5) is 0. The Bertz CT molecular complexity index is 1050. The topological polar surface area (TPSA) is 56.7 Å². The number of aryl methyl sites for hydroxylation is 1. The van der Waals surface area contributed by atoms with Crippen molar-refractivity contribution in [3.63, 3.8) is 0 Å². The molecule has 1 heterocycles. The number of benzene rings is 3. The first-order valence-corrected chi connectivity index (χ1v) is 9.54. The molecule has 0 fully saturated rings. The molecule has 0 atom stereocenters. The molecular formula is C21H20N4S. The van der Waals surface area contributed by atoms with E-state index in [2.05, 4.69) is 83.9 Å². The Kier molecular flexibility index (Phi) is 4.63. The van der Waals surface area contributed by atoms with Crippen LogP contribution in [0.15, 0.2) is 71.9 Å². The van der Waals surface area contributed by atoms with Crippen molar-refractivity contribution in [1.29, 1.82) is 0 Å². The van der Waals surface area contributed by atoms with Gasteiger partial charge in [0.15, 0.2) is 5.82 Å². The van der Waals surface area contributed by atoms with Crippen molar-refractivity contribution < 1.29 is 0 Å². The molecule has 0 amide bonds. The highest BCUT2D eigenvalue weighted by atomic mass is 32.2. The number of fused-ring (bicyclic) bond motifs is 1. The van der Waals surface area contributed by atoms with Gasteiger partial charge in [-0.15, -0.1) is 10.2 Å². The van der Waals surface area contributed by atoms with Crippen LogP contribution in [0.3, 0.4) is 0 Å². The first-order valence-electron chi connectivity index (χ1n) is 8.55. The van der Waals surface area contributed by atoms with Gasteiger partial charge in [0, 0.05) is 12.2 Å². The predicted molar refractivity (Wildman–Crippen MR) is 108 cm³/mol. The normalized spacial score (nSPS) is 11.1. The maximum Gasteiger partial charge on any atom is 0.210 e. The summed E-state index contributed by atoms with van der Waals surface area (Å²) in [6.45, 7) is 2.12. The molecule has 0 spiro atoms. The zero-order valence-electron chi connectivity index (χ0n) is 14.6. The zero-order chi connectivity index (χ0) is 17.9. The fourth-order valence-electron chi connectivity index (χ4n) is 3.06. The van der Waals surface area contributed by atoms with E-state index in [0.29, 0.717) is 6.42 Å². The standard InChI is InChI=1S/C21H20N4S/c1-15-7-2-3-9-18(15)14-26-21-24-23-20(25(21)22)13-17-11-6-10-16-8-4-5-12-19(16)17/h2-12H,13-14,22H2,1H3. The van der Waals surface area contributed by atoms with E-state index in [-0.39, 0.29) is 0 Å². The number of thioether (sulfide) groups is 1. The molecule has 4 nitrogen and oxygen atoms in total. The average Bonchev–Trinajstić information content (AvgIpc) is 3.01. The Morgan fingerprint density at radius 2 is 1.62 bits per heavy atom. The minimum atomic E-state index is 0.662. The third-order valence-electron chi connectivity index (χ3n) is 4.58. The van der Waals surface area contributed by atoms with E-state index in [9.17, 15) is 0 Å². The molecular weight excluding hydrogens is 340 g/mol. The number of rotatable bonds is 5. The number of nitrogen functional groups attached to an aromatic ring is 1. The molecule has 0 aliphatic carbocycles. The number of nitrogens with two attached hydrogens (primary N) is 1. The lowest BCUT2D eigenvalue weighted by Gasteiger charge is -2.07. The van der Waals surface area contributed by atoms with E-state index in [1.165, 1.54) is 27.5 Å². The fourth-order valence-corrected chi connectivity index (χ4v) is 4.01. The lowest BCUT2D eigenvalue weighted by Crippen LogP contribution is -2.14. The molecule has 5 heteroatoms. The molecule has 3 aromatic carbocycles. The van der Waals surface area contributed by atoms with Crippen LogP contribution in [0.2, 0.25) is 0 Å². The molecule has 1 aromatic heterocycles. The van der Waals surface area contributed by atoms with Crippen LogP contribution in [0.4, 0.5) is 0 Å². The van der Waals surface area contributed by atoms with Gasteiger partial charge in [-0.3, -0.25) is 0 Å². The van der Waals surface area contributed by atoms with Crippen molar-refractivity contribution in [1.82, 2.24) is 14.9 Å². The van der Waals surface area contributed by atoms with Gasteiger partial charge in [0.05, 0.1) is 0 Å². The number of hydrogen-bond acceptors (Lipinski definition) is 4. The third kappa shape index (κ3) is 3.30. The second kappa shape index (κ2) is 7.22. The lowest BCUT2D eigenvalue weighted by atomic mass is 10.0. The summed E-state index contributed by atoms with van der Waals surface area (Å²) in [6.07, 6.45) is 0.662. The predicted octanol–water partition coefficient (Wildman–Crippen LogP) is 4.34. The number of aromatic nitrogens is 3. The van der Waals surface area contributed by atoms with Crippen molar-refractivity contribution in [2.75, 3.05) is 5.84 Å². The van der Waals surface area contributed by atoms with Crippen molar-refractivity contribution in [2.24, 2.45) is 0 Å². The molecule has 130 valence electrons. The van der Waals surface area contributed by atoms with Crippen LogP contribution >= 0.6 is 11.8 Å². The van der Waals surface area contributed by atoms with Gasteiger partial charge in [-0.05, 0) is 34.4 Å². The van der Waals surface area contributed by atoms with Crippen LogP contribution in [-0.2, 0) is 12.2 Å². The van der Waals surface area contributed by atoms with E-state index < -0.39 is 0 Å². The molecule has 4 rings (SSSR count). The minimum absolute atomic E-state index is 0.662. The Balaban J connectivity index is 1.55. The highest BCUT2D eigenvalue weighted by Crippen LogP contribution is 2.24. The summed E-state index contributed by atoms with van der Waals surface area (Å²) in [5, 5.41) is 11.8. The molecule has 0 aliphatic heterocycles. The maximum atomic E-state index is 6.27. The molecule has 0 bridgehead atoms. The maximum absolute atomic E-state index is 6.27. The van der Waals surface area contributed by atoms with Crippen molar-refractivity contribution in [2.45, 2.75) is 24.3 Å². The average molecular weight is 360 g/mol. The highest BCUT2D eigenvalue weighted by molar-refractivity contribution is 7.98. The van der Waals surface area contributed by atoms with Crippen LogP contribution in [0.25, 0.3) is 10.8 Å². The Morgan fingerprint density at radius 1 is 0.885 bits per heavy atom. The van der Waals surface area contributed by atoms with Crippen molar-refractivity contribution in [3.05, 3.63) is 89.2 Å². The second-order valence-electron chi connectivity index (χ2n) is 6.30. The van der Waals surface area contributed by atoms with Gasteiger partial charge >= 0.3 is 0 Å². The molecule has 0 unspecified atom stereocenters. The van der Waals surface area contributed by atoms with Crippen LogP contribution in [0, 0.1) is 6.92 Å². The Morgan fingerprint density at radius 3 is 2.50 bits per heavy atom. The van der Waals surface area contributed by atoms with Gasteiger partial charge in [0.25, 0.3) is 0 Å². The van der Waals surface area contributed by atoms with Gasteiger partial charge in [-0.25, -0.2) is 4.68 Å². The molecule has 0 saturated carbocycles. The Hall–Kier alpha value is -2.79. The van der Waals surface area contributed by atoms with E-state index in [1.807, 2.05) is 0 Å². The summed E-state index contributed by atoms with van der Waals surface area (Å²) in [7, 11) is 0. The first kappa shape index (κ1) is 16.7. The molecule has 0 radical (unpaired) electrons. The monoisotopic (exact) mass is 360 g/mol. The molecule has 0 saturated heterocycles. The zero-order valence-corrected chi connectivity index (χ0v) is 15.4. The molecule has 4 aromatic rings. The fraction of sp³-hybridized carbons (Fsp3) is 0.143. The quantitative estimate of drug-likeness (QED) is 0.425. The summed E-state index contributed by atoms with van der Waals surface area (Å²) >= 11 is 1.61. The first-order chi connectivity index (χ1) is 12.7. The van der Waals surface area contributed by atoms with Crippen LogP contribution in [0.5, 0.6) is 0 Å². The molecule has 0 aliphatic rings. The smallest absolute Gasteiger partial charge is 0.210 e. The largest absolute Gasteiger partial charge is 0.336 e. The molecule has 26 heavy (non-hydrogen) atoms. The van der Waals surface area contributed by atoms with Crippen LogP contribution in [0.1, 0.15) is 22.5 Å². The van der Waals surface area contributed by atoms with Crippen LogP contribution in [-0.4, -0.2) is 14.9 Å². The highest BCUT2D eigenvalue weighted by Gasteiger charge is 2.12. The SMILES string of the molecule is Cc1ccccc1CSc1nnc(Cc2cccc3ccccc23)n1N. The van der Waals surface area contributed by atoms with E-state index in [4.69, 9.17) is 5.84 Å². The van der Waals surface area contributed by atoms with Gasteiger partial charge in [-0.2, -0.15) is 0 Å². The van der Waals surface area contributed by atoms with E-state index in [0.717, 1.165) is 16.7 Å². The van der Waals surface area contributed by atoms with Gasteiger partial charge < -0.3 is 5.84 Å². The van der Waals surface area contributed by atoms with Gasteiger partial charge in [-0.1, -0.05) is 78.5 Å². The lowest BCUT2D eigenvalue weighted by molar-refractivity contribution is 0.806.